The van der Waals surface area contributed by atoms with Gasteiger partial charge in [-0.3, -0.25) is 9.78 Å². The normalized spacial score (nSPS) is 19.2. The third-order valence-corrected chi connectivity index (χ3v) is 3.23. The Balaban J connectivity index is 2.10. The summed E-state index contributed by atoms with van der Waals surface area (Å²) in [6.07, 6.45) is 4.60. The monoisotopic (exact) mass is 231 g/mol. The highest BCUT2D eigenvalue weighted by Crippen LogP contribution is 2.30. The molecule has 0 bridgehead atoms. The van der Waals surface area contributed by atoms with Gasteiger partial charge in [-0.1, -0.05) is 0 Å². The average Bonchev–Trinajstić information content (AvgIpc) is 2.68. The van der Waals surface area contributed by atoms with Crippen LogP contribution in [-0.2, 0) is 11.2 Å². The van der Waals surface area contributed by atoms with Gasteiger partial charge in [-0.25, -0.2) is 0 Å². The Hall–Kier alpha value is -1.88. The van der Waals surface area contributed by atoms with E-state index >= 15 is 0 Å². The summed E-state index contributed by atoms with van der Waals surface area (Å²) in [7, 11) is 0. The number of aromatic nitrogens is 2. The highest BCUT2D eigenvalue weighted by molar-refractivity contribution is 5.84. The van der Waals surface area contributed by atoms with E-state index in [9.17, 15) is 4.79 Å². The van der Waals surface area contributed by atoms with Gasteiger partial charge < -0.3 is 15.4 Å². The van der Waals surface area contributed by atoms with Crippen molar-refractivity contribution in [3.05, 3.63) is 29.7 Å². The molecule has 0 saturated carbocycles. The minimum atomic E-state index is -0.785. The summed E-state index contributed by atoms with van der Waals surface area (Å²) in [5.74, 6) is -0.785. The first-order chi connectivity index (χ1) is 8.25. The van der Waals surface area contributed by atoms with Crippen LogP contribution in [0.25, 0.3) is 10.9 Å². The molecule has 2 aromatic rings. The van der Waals surface area contributed by atoms with Gasteiger partial charge in [-0.15, -0.1) is 0 Å². The molecule has 88 valence electrons. The van der Waals surface area contributed by atoms with Crippen LogP contribution in [0.1, 0.15) is 23.7 Å². The quantitative estimate of drug-likeness (QED) is 0.726. The molecule has 1 atom stereocenters. The van der Waals surface area contributed by atoms with E-state index in [2.05, 4.69) is 15.3 Å². The Labute approximate surface area is 97.9 Å². The maximum atomic E-state index is 10.8. The molecule has 1 aliphatic rings. The maximum Gasteiger partial charge on any atom is 0.305 e. The molecule has 0 fully saturated rings. The van der Waals surface area contributed by atoms with Crippen LogP contribution in [0.4, 0.5) is 0 Å². The minimum absolute atomic E-state index is 0.104. The summed E-state index contributed by atoms with van der Waals surface area (Å²) >= 11 is 0. The first kappa shape index (κ1) is 10.3. The number of rotatable bonds is 2. The fourth-order valence-corrected chi connectivity index (χ4v) is 2.50. The van der Waals surface area contributed by atoms with Gasteiger partial charge in [0.05, 0.1) is 12.5 Å². The summed E-state index contributed by atoms with van der Waals surface area (Å²) in [4.78, 5) is 18.3. The van der Waals surface area contributed by atoms with E-state index in [0.717, 1.165) is 29.6 Å². The zero-order chi connectivity index (χ0) is 11.8. The SMILES string of the molecule is O=C(O)CC1NCCc2c1[nH]c1ccncc21. The van der Waals surface area contributed by atoms with Gasteiger partial charge in [0.15, 0.2) is 0 Å². The fraction of sp³-hybridized carbons (Fsp3) is 0.333. The van der Waals surface area contributed by atoms with Crippen molar-refractivity contribution < 1.29 is 9.90 Å². The molecule has 17 heavy (non-hydrogen) atoms. The molecule has 0 aromatic carbocycles. The van der Waals surface area contributed by atoms with Crippen LogP contribution in [0.3, 0.4) is 0 Å². The summed E-state index contributed by atoms with van der Waals surface area (Å²) in [5, 5.41) is 13.2. The molecular formula is C12H13N3O2. The molecule has 5 heteroatoms. The molecule has 3 rings (SSSR count). The molecule has 2 aromatic heterocycles. The number of H-pyrrole nitrogens is 1. The molecule has 0 spiro atoms. The lowest BCUT2D eigenvalue weighted by atomic mass is 9.98. The molecular weight excluding hydrogens is 218 g/mol. The molecule has 0 saturated heterocycles. The lowest BCUT2D eigenvalue weighted by Gasteiger charge is -2.22. The number of carboxylic acids is 1. The number of nitrogens with zero attached hydrogens (tertiary/aromatic N) is 1. The first-order valence-electron chi connectivity index (χ1n) is 5.65. The number of carboxylic acid groups (broad SMARTS) is 1. The lowest BCUT2D eigenvalue weighted by molar-refractivity contribution is -0.137. The van der Waals surface area contributed by atoms with Crippen molar-refractivity contribution in [1.29, 1.82) is 0 Å². The number of aromatic amines is 1. The summed E-state index contributed by atoms with van der Waals surface area (Å²) in [6.45, 7) is 0.812. The number of hydrogen-bond acceptors (Lipinski definition) is 3. The maximum absolute atomic E-state index is 10.8. The molecule has 0 radical (unpaired) electrons. The fourth-order valence-electron chi connectivity index (χ4n) is 2.50. The molecule has 5 nitrogen and oxygen atoms in total. The van der Waals surface area contributed by atoms with Crippen LogP contribution >= 0.6 is 0 Å². The Bertz CT molecular complexity index is 576. The number of aliphatic carboxylic acids is 1. The van der Waals surface area contributed by atoms with Gasteiger partial charge in [0.25, 0.3) is 0 Å². The predicted octanol–water partition coefficient (Wildman–Crippen LogP) is 1.22. The van der Waals surface area contributed by atoms with Crippen molar-refractivity contribution in [1.82, 2.24) is 15.3 Å². The van der Waals surface area contributed by atoms with Gasteiger partial charge >= 0.3 is 5.97 Å². The first-order valence-corrected chi connectivity index (χ1v) is 5.65. The number of carbonyl (C=O) groups is 1. The lowest BCUT2D eigenvalue weighted by Crippen LogP contribution is -2.31. The van der Waals surface area contributed by atoms with Gasteiger partial charge in [0, 0.05) is 29.0 Å². The van der Waals surface area contributed by atoms with Gasteiger partial charge in [-0.05, 0) is 24.6 Å². The van der Waals surface area contributed by atoms with Gasteiger partial charge in [0.1, 0.15) is 0 Å². The van der Waals surface area contributed by atoms with E-state index in [1.807, 2.05) is 12.3 Å². The van der Waals surface area contributed by atoms with Crippen LogP contribution in [-0.4, -0.2) is 27.6 Å². The molecule has 1 unspecified atom stereocenters. The van der Waals surface area contributed by atoms with Crippen LogP contribution in [0, 0.1) is 0 Å². The van der Waals surface area contributed by atoms with E-state index < -0.39 is 5.97 Å². The van der Waals surface area contributed by atoms with Crippen LogP contribution in [0.2, 0.25) is 0 Å². The summed E-state index contributed by atoms with van der Waals surface area (Å²) in [5.41, 5.74) is 3.24. The van der Waals surface area contributed by atoms with Crippen LogP contribution in [0.15, 0.2) is 18.5 Å². The van der Waals surface area contributed by atoms with Gasteiger partial charge in [0.2, 0.25) is 0 Å². The summed E-state index contributed by atoms with van der Waals surface area (Å²) < 4.78 is 0. The molecule has 3 heterocycles. The van der Waals surface area contributed by atoms with E-state index in [0.29, 0.717) is 0 Å². The third kappa shape index (κ3) is 1.68. The van der Waals surface area contributed by atoms with Crippen molar-refractivity contribution in [3.63, 3.8) is 0 Å². The highest BCUT2D eigenvalue weighted by atomic mass is 16.4. The Morgan fingerprint density at radius 1 is 1.59 bits per heavy atom. The second-order valence-corrected chi connectivity index (χ2v) is 4.29. The van der Waals surface area contributed by atoms with Crippen LogP contribution in [0.5, 0.6) is 0 Å². The van der Waals surface area contributed by atoms with E-state index in [-0.39, 0.29) is 12.5 Å². The molecule has 3 N–H and O–H groups in total. The van der Waals surface area contributed by atoms with Crippen molar-refractivity contribution in [2.75, 3.05) is 6.54 Å². The van der Waals surface area contributed by atoms with E-state index in [1.54, 1.807) is 6.20 Å². The summed E-state index contributed by atoms with van der Waals surface area (Å²) in [6, 6.07) is 1.80. The van der Waals surface area contributed by atoms with Crippen molar-refractivity contribution in [2.45, 2.75) is 18.9 Å². The van der Waals surface area contributed by atoms with E-state index in [1.165, 1.54) is 5.56 Å². The van der Waals surface area contributed by atoms with Crippen LogP contribution < -0.4 is 5.32 Å². The highest BCUT2D eigenvalue weighted by Gasteiger charge is 2.25. The third-order valence-electron chi connectivity index (χ3n) is 3.23. The second kappa shape index (κ2) is 3.85. The topological polar surface area (TPSA) is 78.0 Å². The largest absolute Gasteiger partial charge is 0.481 e. The van der Waals surface area contributed by atoms with Crippen molar-refractivity contribution in [3.8, 4) is 0 Å². The van der Waals surface area contributed by atoms with Crippen molar-refractivity contribution >= 4 is 16.9 Å². The average molecular weight is 231 g/mol. The zero-order valence-electron chi connectivity index (χ0n) is 9.23. The Morgan fingerprint density at radius 3 is 3.29 bits per heavy atom. The number of fused-ring (bicyclic) bond motifs is 3. The van der Waals surface area contributed by atoms with Crippen molar-refractivity contribution in [2.24, 2.45) is 0 Å². The minimum Gasteiger partial charge on any atom is -0.481 e. The standard InChI is InChI=1S/C12H13N3O2/c16-11(17)5-10-12-7(1-4-14-10)8-6-13-3-2-9(8)15-12/h2-3,6,10,14-15H,1,4-5H2,(H,16,17). The Morgan fingerprint density at radius 2 is 2.47 bits per heavy atom. The Kier molecular flexibility index (Phi) is 2.33. The molecule has 1 aliphatic heterocycles. The molecule has 0 aliphatic carbocycles. The molecule has 0 amide bonds. The number of hydrogen-bond donors (Lipinski definition) is 3. The number of nitrogens with one attached hydrogen (secondary N) is 2. The predicted molar refractivity (Wildman–Crippen MR) is 62.8 cm³/mol. The van der Waals surface area contributed by atoms with Gasteiger partial charge in [-0.2, -0.15) is 0 Å². The zero-order valence-corrected chi connectivity index (χ0v) is 9.23. The number of pyridine rings is 1. The smallest absolute Gasteiger partial charge is 0.305 e. The van der Waals surface area contributed by atoms with E-state index in [4.69, 9.17) is 5.11 Å². The second-order valence-electron chi connectivity index (χ2n) is 4.29.